The first-order valence-electron chi connectivity index (χ1n) is 9.73. The normalized spacial score (nSPS) is 21.9. The number of alkyl carbamates (subject to hydrolysis) is 1. The Bertz CT molecular complexity index is 944. The van der Waals surface area contributed by atoms with E-state index < -0.39 is 30.0 Å². The Hall–Kier alpha value is -2.05. The number of nitrogens with zero attached hydrogens (tertiary/aromatic N) is 3. The molecule has 1 aliphatic rings. The smallest absolute Gasteiger partial charge is 0.407 e. The molecule has 12 heteroatoms. The highest BCUT2D eigenvalue weighted by atomic mass is 79.9. The number of carbonyl (C=O) groups is 2. The van der Waals surface area contributed by atoms with Crippen molar-refractivity contribution in [2.45, 2.75) is 57.5 Å². The molecule has 1 saturated heterocycles. The van der Waals surface area contributed by atoms with Gasteiger partial charge in [0.2, 0.25) is 0 Å². The lowest BCUT2D eigenvalue weighted by Crippen LogP contribution is -2.44. The summed E-state index contributed by atoms with van der Waals surface area (Å²) in [4.78, 5) is 28.6. The fourth-order valence-corrected chi connectivity index (χ4v) is 4.22. The number of nitrogens with one attached hydrogen (secondary N) is 2. The summed E-state index contributed by atoms with van der Waals surface area (Å²) in [5, 5.41) is 11.2. The molecule has 0 aliphatic carbocycles. The van der Waals surface area contributed by atoms with Gasteiger partial charge >= 0.3 is 6.09 Å². The zero-order valence-electron chi connectivity index (χ0n) is 17.6. The minimum Gasteiger partial charge on any atom is -0.444 e. The van der Waals surface area contributed by atoms with E-state index in [9.17, 15) is 14.0 Å². The number of aromatic nitrogens is 3. The van der Waals surface area contributed by atoms with Crippen molar-refractivity contribution in [2.75, 3.05) is 11.9 Å². The van der Waals surface area contributed by atoms with Gasteiger partial charge < -0.3 is 20.1 Å². The molecule has 0 unspecified atom stereocenters. The first-order valence-corrected chi connectivity index (χ1v) is 11.4. The molecule has 1 fully saturated rings. The molecule has 0 bridgehead atoms. The van der Waals surface area contributed by atoms with Crippen LogP contribution in [0.25, 0.3) is 0 Å². The third-order valence-electron chi connectivity index (χ3n) is 4.58. The molecule has 2 N–H and O–H groups in total. The average molecular weight is 518 g/mol. The maximum absolute atomic E-state index is 14.7. The van der Waals surface area contributed by atoms with Gasteiger partial charge in [-0.1, -0.05) is 0 Å². The summed E-state index contributed by atoms with van der Waals surface area (Å²) in [7, 11) is 1.72. The third-order valence-corrected chi connectivity index (χ3v) is 5.95. The van der Waals surface area contributed by atoms with Crippen LogP contribution in [-0.4, -0.2) is 51.2 Å². The summed E-state index contributed by atoms with van der Waals surface area (Å²) < 4.78 is 27.9. The lowest BCUT2D eigenvalue weighted by Gasteiger charge is -2.24. The van der Waals surface area contributed by atoms with E-state index in [2.05, 4.69) is 36.6 Å². The number of hydrogen-bond donors (Lipinski definition) is 2. The van der Waals surface area contributed by atoms with E-state index >= 15 is 0 Å². The average Bonchev–Trinajstić information content (AvgIpc) is 3.20. The maximum atomic E-state index is 14.7. The Labute approximate surface area is 191 Å². The highest BCUT2D eigenvalue weighted by Gasteiger charge is 2.33. The number of halogens is 2. The van der Waals surface area contributed by atoms with E-state index in [0.29, 0.717) is 28.1 Å². The van der Waals surface area contributed by atoms with Crippen LogP contribution in [0.1, 0.15) is 55.9 Å². The van der Waals surface area contributed by atoms with Crippen LogP contribution in [0.15, 0.2) is 15.5 Å². The molecular formula is C19H25BrFN5O4S. The fourth-order valence-electron chi connectivity index (χ4n) is 3.22. The second kappa shape index (κ2) is 9.61. The topological polar surface area (TPSA) is 107 Å². The molecule has 3 atom stereocenters. The number of carbonyl (C=O) groups excluding carboxylic acids is 2. The second-order valence-electron chi connectivity index (χ2n) is 8.17. The fraction of sp³-hybridized carbons (Fsp3) is 0.579. The molecule has 0 spiro atoms. The maximum Gasteiger partial charge on any atom is 0.407 e. The first kappa shape index (κ1) is 23.6. The van der Waals surface area contributed by atoms with Crippen molar-refractivity contribution >= 4 is 45.0 Å². The first-order chi connectivity index (χ1) is 14.5. The molecule has 31 heavy (non-hydrogen) atoms. The Morgan fingerprint density at radius 1 is 1.39 bits per heavy atom. The van der Waals surface area contributed by atoms with Crippen molar-refractivity contribution in [1.29, 1.82) is 0 Å². The number of alkyl halides is 1. The molecule has 3 heterocycles. The van der Waals surface area contributed by atoms with Crippen LogP contribution in [0, 0.1) is 0 Å². The molecule has 170 valence electrons. The van der Waals surface area contributed by atoms with Gasteiger partial charge in [0.05, 0.1) is 30.2 Å². The van der Waals surface area contributed by atoms with Crippen LogP contribution in [0.3, 0.4) is 0 Å². The molecule has 2 aromatic rings. The molecule has 2 amide bonds. The van der Waals surface area contributed by atoms with E-state index in [1.165, 1.54) is 17.5 Å². The van der Waals surface area contributed by atoms with Gasteiger partial charge in [-0.2, -0.15) is 5.10 Å². The lowest BCUT2D eigenvalue weighted by molar-refractivity contribution is 0.0202. The highest BCUT2D eigenvalue weighted by molar-refractivity contribution is 9.11. The Morgan fingerprint density at radius 2 is 2.13 bits per heavy atom. The van der Waals surface area contributed by atoms with Crippen LogP contribution in [-0.2, 0) is 16.5 Å². The van der Waals surface area contributed by atoms with Crippen molar-refractivity contribution < 1.29 is 23.5 Å². The predicted octanol–water partition coefficient (Wildman–Crippen LogP) is 3.97. The predicted molar refractivity (Wildman–Crippen MR) is 117 cm³/mol. The number of thiazole rings is 1. The summed E-state index contributed by atoms with van der Waals surface area (Å²) in [6.45, 7) is 5.03. The van der Waals surface area contributed by atoms with Gasteiger partial charge in [-0.25, -0.2) is 14.2 Å². The van der Waals surface area contributed by atoms with Gasteiger partial charge in [0, 0.05) is 12.4 Å². The van der Waals surface area contributed by atoms with Gasteiger partial charge in [0.15, 0.2) is 3.92 Å². The van der Waals surface area contributed by atoms with Gasteiger partial charge in [0.1, 0.15) is 23.6 Å². The summed E-state index contributed by atoms with van der Waals surface area (Å²) in [5.41, 5.74) is 0.691. The van der Waals surface area contributed by atoms with E-state index in [1.807, 2.05) is 0 Å². The quantitative estimate of drug-likeness (QED) is 0.635. The molecule has 1 aliphatic heterocycles. The Balaban J connectivity index is 1.69. The van der Waals surface area contributed by atoms with Crippen LogP contribution in [0.4, 0.5) is 14.9 Å². The molecule has 2 aromatic heterocycles. The van der Waals surface area contributed by atoms with Crippen molar-refractivity contribution in [3.63, 3.8) is 0 Å². The highest BCUT2D eigenvalue weighted by Crippen LogP contribution is 2.33. The minimum absolute atomic E-state index is 0.206. The zero-order valence-corrected chi connectivity index (χ0v) is 20.0. The Morgan fingerprint density at radius 3 is 2.77 bits per heavy atom. The number of rotatable bonds is 4. The lowest BCUT2D eigenvalue weighted by atomic mass is 10.0. The standard InChI is InChI=1S/C19H25BrFN5O4S/c1-19(2,3)30-18(28)25-11-5-6-14(29-8-10(11)21)15-12(7-22-26(15)4)23-16(27)13-9-31-17(20)24-13/h7,9-11,14H,5-6,8H2,1-4H3,(H,23,27)(H,25,28)/t10-,11+,14-/m0/s1. The summed E-state index contributed by atoms with van der Waals surface area (Å²) >= 11 is 4.54. The van der Waals surface area contributed by atoms with Crippen molar-refractivity contribution in [3.05, 3.63) is 26.9 Å². The number of amides is 2. The molecular weight excluding hydrogens is 493 g/mol. The van der Waals surface area contributed by atoms with Crippen LogP contribution in [0.5, 0.6) is 0 Å². The minimum atomic E-state index is -1.39. The monoisotopic (exact) mass is 517 g/mol. The van der Waals surface area contributed by atoms with E-state index in [4.69, 9.17) is 9.47 Å². The van der Waals surface area contributed by atoms with Gasteiger partial charge in [0.25, 0.3) is 5.91 Å². The molecule has 3 rings (SSSR count). The number of hydrogen-bond acceptors (Lipinski definition) is 7. The summed E-state index contributed by atoms with van der Waals surface area (Å²) in [6.07, 6.45) is -0.285. The number of anilines is 1. The van der Waals surface area contributed by atoms with Crippen LogP contribution < -0.4 is 10.6 Å². The van der Waals surface area contributed by atoms with Crippen molar-refractivity contribution in [1.82, 2.24) is 20.1 Å². The van der Waals surface area contributed by atoms with Gasteiger partial charge in [-0.05, 0) is 49.5 Å². The number of ether oxygens (including phenoxy) is 2. The van der Waals surface area contributed by atoms with E-state index in [1.54, 1.807) is 37.9 Å². The summed E-state index contributed by atoms with van der Waals surface area (Å²) in [5.74, 6) is -0.377. The Kier molecular flexibility index (Phi) is 7.32. The van der Waals surface area contributed by atoms with Gasteiger partial charge in [-0.3, -0.25) is 9.48 Å². The van der Waals surface area contributed by atoms with E-state index in [0.717, 1.165) is 0 Å². The molecule has 0 saturated carbocycles. The molecule has 9 nitrogen and oxygen atoms in total. The van der Waals surface area contributed by atoms with Crippen LogP contribution >= 0.6 is 27.3 Å². The van der Waals surface area contributed by atoms with E-state index in [-0.39, 0.29) is 18.2 Å². The largest absolute Gasteiger partial charge is 0.444 e. The number of aryl methyl sites for hydroxylation is 1. The van der Waals surface area contributed by atoms with Gasteiger partial charge in [-0.15, -0.1) is 11.3 Å². The third kappa shape index (κ3) is 6.23. The second-order valence-corrected chi connectivity index (χ2v) is 10.3. The molecule has 0 radical (unpaired) electrons. The SMILES string of the molecule is Cn1ncc(NC(=O)c2csc(Br)n2)c1[C@@H]1CC[C@@H](NC(=O)OC(C)(C)C)[C@@H](F)CO1. The molecule has 0 aromatic carbocycles. The van der Waals surface area contributed by atoms with Crippen molar-refractivity contribution in [2.24, 2.45) is 7.05 Å². The summed E-state index contributed by atoms with van der Waals surface area (Å²) in [6, 6.07) is -0.738. The van der Waals surface area contributed by atoms with Crippen LogP contribution in [0.2, 0.25) is 0 Å². The zero-order chi connectivity index (χ0) is 22.8. The van der Waals surface area contributed by atoms with Crippen molar-refractivity contribution in [3.8, 4) is 0 Å².